The number of nitrogens with zero attached hydrogens (tertiary/aromatic N) is 2. The Morgan fingerprint density at radius 3 is 2.71 bits per heavy atom. The SMILES string of the molecule is O=[N+]([O-])c1ccc(S(=O)(=O)N2CCc3cc(Br)ccc32)s1. The molecule has 0 saturated heterocycles. The van der Waals surface area contributed by atoms with Crippen molar-refractivity contribution in [1.82, 2.24) is 0 Å². The van der Waals surface area contributed by atoms with Crippen LogP contribution < -0.4 is 4.31 Å². The quantitative estimate of drug-likeness (QED) is 0.597. The van der Waals surface area contributed by atoms with Gasteiger partial charge in [0.15, 0.2) is 0 Å². The van der Waals surface area contributed by atoms with Crippen LogP contribution >= 0.6 is 27.3 Å². The molecule has 0 amide bonds. The number of anilines is 1. The summed E-state index contributed by atoms with van der Waals surface area (Å²) >= 11 is 4.03. The molecule has 110 valence electrons. The lowest BCUT2D eigenvalue weighted by atomic mass is 10.2. The number of thiophene rings is 1. The standard InChI is InChI=1S/C12H9BrN2O4S2/c13-9-1-2-10-8(7-9)5-6-14(10)21(18,19)12-4-3-11(20-12)15(16)17/h1-4,7H,5-6H2. The van der Waals surface area contributed by atoms with Gasteiger partial charge >= 0.3 is 5.00 Å². The molecule has 9 heteroatoms. The highest BCUT2D eigenvalue weighted by Crippen LogP contribution is 2.37. The maximum Gasteiger partial charge on any atom is 0.325 e. The molecular formula is C12H9BrN2O4S2. The summed E-state index contributed by atoms with van der Waals surface area (Å²) in [5.41, 5.74) is 1.58. The molecule has 1 aromatic carbocycles. The molecule has 0 spiro atoms. The molecule has 1 aliphatic rings. The number of fused-ring (bicyclic) bond motifs is 1. The molecule has 0 fully saturated rings. The highest BCUT2D eigenvalue weighted by molar-refractivity contribution is 9.10. The van der Waals surface area contributed by atoms with Gasteiger partial charge in [-0.1, -0.05) is 15.9 Å². The van der Waals surface area contributed by atoms with Crippen molar-refractivity contribution in [3.63, 3.8) is 0 Å². The first-order chi connectivity index (χ1) is 9.89. The van der Waals surface area contributed by atoms with Gasteiger partial charge in [-0.15, -0.1) is 0 Å². The van der Waals surface area contributed by atoms with Gasteiger partial charge in [0.25, 0.3) is 10.0 Å². The van der Waals surface area contributed by atoms with Crippen LogP contribution in [0.4, 0.5) is 10.7 Å². The van der Waals surface area contributed by atoms with Gasteiger partial charge in [0.05, 0.1) is 10.6 Å². The second-order valence-corrected chi connectivity index (χ2v) is 8.52. The van der Waals surface area contributed by atoms with Gasteiger partial charge in [0.1, 0.15) is 4.21 Å². The molecule has 2 aromatic rings. The van der Waals surface area contributed by atoms with E-state index in [1.54, 1.807) is 12.1 Å². The fraction of sp³-hybridized carbons (Fsp3) is 0.167. The minimum Gasteiger partial charge on any atom is -0.265 e. The minimum atomic E-state index is -3.75. The van der Waals surface area contributed by atoms with E-state index in [4.69, 9.17) is 0 Å². The maximum absolute atomic E-state index is 12.6. The normalized spacial score (nSPS) is 14.2. The van der Waals surface area contributed by atoms with Crippen LogP contribution in [-0.2, 0) is 16.4 Å². The molecular weight excluding hydrogens is 380 g/mol. The van der Waals surface area contributed by atoms with Gasteiger partial charge in [0, 0.05) is 17.1 Å². The van der Waals surface area contributed by atoms with E-state index in [9.17, 15) is 18.5 Å². The Labute approximate surface area is 133 Å². The van der Waals surface area contributed by atoms with Crippen LogP contribution in [0.2, 0.25) is 0 Å². The smallest absolute Gasteiger partial charge is 0.265 e. The molecule has 1 aliphatic heterocycles. The van der Waals surface area contributed by atoms with Crippen LogP contribution in [-0.4, -0.2) is 19.9 Å². The molecule has 0 saturated carbocycles. The van der Waals surface area contributed by atoms with Crippen LogP contribution in [0.3, 0.4) is 0 Å². The summed E-state index contributed by atoms with van der Waals surface area (Å²) in [4.78, 5) is 10.1. The van der Waals surface area contributed by atoms with Crippen LogP contribution in [0.5, 0.6) is 0 Å². The zero-order valence-electron chi connectivity index (χ0n) is 10.5. The molecule has 21 heavy (non-hydrogen) atoms. The molecule has 0 bridgehead atoms. The molecule has 2 heterocycles. The first-order valence-electron chi connectivity index (χ1n) is 5.95. The van der Waals surface area contributed by atoms with Crippen molar-refractivity contribution in [2.24, 2.45) is 0 Å². The molecule has 6 nitrogen and oxygen atoms in total. The van der Waals surface area contributed by atoms with Gasteiger partial charge in [-0.25, -0.2) is 8.42 Å². The highest BCUT2D eigenvalue weighted by Gasteiger charge is 2.33. The Kier molecular flexibility index (Phi) is 3.50. The van der Waals surface area contributed by atoms with E-state index in [0.717, 1.165) is 10.0 Å². The number of rotatable bonds is 3. The van der Waals surface area contributed by atoms with E-state index in [-0.39, 0.29) is 9.21 Å². The molecule has 0 aliphatic carbocycles. The first-order valence-corrected chi connectivity index (χ1v) is 9.00. The lowest BCUT2D eigenvalue weighted by molar-refractivity contribution is -0.380. The summed E-state index contributed by atoms with van der Waals surface area (Å²) in [7, 11) is -3.75. The van der Waals surface area contributed by atoms with Crippen LogP contribution in [0.1, 0.15) is 5.56 Å². The molecule has 3 rings (SSSR count). The summed E-state index contributed by atoms with van der Waals surface area (Å²) in [6.07, 6.45) is 0.626. The van der Waals surface area contributed by atoms with Crippen molar-refractivity contribution in [2.45, 2.75) is 10.6 Å². The van der Waals surface area contributed by atoms with E-state index < -0.39 is 14.9 Å². The van der Waals surface area contributed by atoms with Gasteiger partial charge in [-0.05, 0) is 47.6 Å². The topological polar surface area (TPSA) is 80.5 Å². The Morgan fingerprint density at radius 1 is 1.29 bits per heavy atom. The Morgan fingerprint density at radius 2 is 2.05 bits per heavy atom. The van der Waals surface area contributed by atoms with Crippen LogP contribution in [0.15, 0.2) is 39.0 Å². The van der Waals surface area contributed by atoms with Crippen molar-refractivity contribution in [2.75, 3.05) is 10.8 Å². The summed E-state index contributed by atoms with van der Waals surface area (Å²) in [5.74, 6) is 0. The van der Waals surface area contributed by atoms with Gasteiger partial charge in [-0.2, -0.15) is 0 Å². The Balaban J connectivity index is 2.02. The zero-order chi connectivity index (χ0) is 15.2. The monoisotopic (exact) mass is 388 g/mol. The minimum absolute atomic E-state index is 0.00929. The largest absolute Gasteiger partial charge is 0.325 e. The van der Waals surface area contributed by atoms with E-state index >= 15 is 0 Å². The van der Waals surface area contributed by atoms with Crippen molar-refractivity contribution in [3.8, 4) is 0 Å². The van der Waals surface area contributed by atoms with E-state index in [0.29, 0.717) is 30.0 Å². The van der Waals surface area contributed by atoms with E-state index in [1.807, 2.05) is 6.07 Å². The van der Waals surface area contributed by atoms with Crippen molar-refractivity contribution in [1.29, 1.82) is 0 Å². The zero-order valence-corrected chi connectivity index (χ0v) is 13.7. The number of benzene rings is 1. The molecule has 0 atom stereocenters. The second kappa shape index (κ2) is 5.08. The van der Waals surface area contributed by atoms with Crippen molar-refractivity contribution >= 4 is 48.0 Å². The third kappa shape index (κ3) is 2.45. The number of halogens is 1. The summed E-state index contributed by atoms with van der Waals surface area (Å²) in [5, 5.41) is 10.5. The average Bonchev–Trinajstić information content (AvgIpc) is 3.05. The number of nitro groups is 1. The third-order valence-electron chi connectivity index (χ3n) is 3.19. The maximum atomic E-state index is 12.6. The summed E-state index contributed by atoms with van der Waals surface area (Å²) in [6.45, 7) is 0.347. The fourth-order valence-electron chi connectivity index (χ4n) is 2.25. The third-order valence-corrected chi connectivity index (χ3v) is 7.00. The molecule has 0 N–H and O–H groups in total. The summed E-state index contributed by atoms with van der Waals surface area (Å²) < 4.78 is 27.4. The predicted molar refractivity (Wildman–Crippen MR) is 83.4 cm³/mol. The number of hydrogen-bond donors (Lipinski definition) is 0. The average molecular weight is 389 g/mol. The lowest BCUT2D eigenvalue weighted by Crippen LogP contribution is -2.28. The second-order valence-electron chi connectivity index (χ2n) is 4.45. The lowest BCUT2D eigenvalue weighted by Gasteiger charge is -2.18. The predicted octanol–water partition coefficient (Wildman–Crippen LogP) is 3.17. The van der Waals surface area contributed by atoms with Gasteiger partial charge in [-0.3, -0.25) is 14.4 Å². The first kappa shape index (κ1) is 14.5. The number of sulfonamides is 1. The van der Waals surface area contributed by atoms with Crippen LogP contribution in [0.25, 0.3) is 0 Å². The number of hydrogen-bond acceptors (Lipinski definition) is 5. The van der Waals surface area contributed by atoms with E-state index in [1.165, 1.54) is 16.4 Å². The van der Waals surface area contributed by atoms with Crippen molar-refractivity contribution in [3.05, 3.63) is 50.5 Å². The Bertz CT molecular complexity index is 832. The highest BCUT2D eigenvalue weighted by atomic mass is 79.9. The van der Waals surface area contributed by atoms with Crippen LogP contribution in [0, 0.1) is 10.1 Å². The fourth-order valence-corrected chi connectivity index (χ4v) is 5.38. The molecule has 1 aromatic heterocycles. The van der Waals surface area contributed by atoms with E-state index in [2.05, 4.69) is 15.9 Å². The molecule has 0 unspecified atom stereocenters. The van der Waals surface area contributed by atoms with Crippen molar-refractivity contribution < 1.29 is 13.3 Å². The Hall–Kier alpha value is -1.45. The van der Waals surface area contributed by atoms with Gasteiger partial charge < -0.3 is 0 Å². The van der Waals surface area contributed by atoms with Gasteiger partial charge in [0.2, 0.25) is 0 Å². The summed E-state index contributed by atoms with van der Waals surface area (Å²) in [6, 6.07) is 7.92. The molecule has 0 radical (unpaired) electrons.